The van der Waals surface area contributed by atoms with Crippen molar-refractivity contribution in [2.75, 3.05) is 13.6 Å². The van der Waals surface area contributed by atoms with E-state index in [0.717, 1.165) is 18.6 Å². The molecule has 1 aromatic heterocycles. The summed E-state index contributed by atoms with van der Waals surface area (Å²) in [6.07, 6.45) is 10.6. The SMILES string of the molecule is CNC1CCCC(N2CCc3cnccc3C2)C1. The van der Waals surface area contributed by atoms with E-state index in [-0.39, 0.29) is 0 Å². The van der Waals surface area contributed by atoms with Crippen LogP contribution in [0.15, 0.2) is 18.5 Å². The van der Waals surface area contributed by atoms with E-state index >= 15 is 0 Å². The Morgan fingerprint density at radius 1 is 1.33 bits per heavy atom. The smallest absolute Gasteiger partial charge is 0.0303 e. The van der Waals surface area contributed by atoms with Gasteiger partial charge in [0, 0.05) is 37.6 Å². The molecule has 18 heavy (non-hydrogen) atoms. The summed E-state index contributed by atoms with van der Waals surface area (Å²) in [7, 11) is 2.10. The van der Waals surface area contributed by atoms with Gasteiger partial charge in [-0.2, -0.15) is 0 Å². The Labute approximate surface area is 110 Å². The molecule has 2 unspecified atom stereocenters. The van der Waals surface area contributed by atoms with Crippen LogP contribution in [-0.2, 0) is 13.0 Å². The fourth-order valence-electron chi connectivity index (χ4n) is 3.47. The number of nitrogens with one attached hydrogen (secondary N) is 1. The summed E-state index contributed by atoms with van der Waals surface area (Å²) >= 11 is 0. The lowest BCUT2D eigenvalue weighted by Gasteiger charge is -2.39. The minimum absolute atomic E-state index is 0.725. The second kappa shape index (κ2) is 5.37. The first-order valence-corrected chi connectivity index (χ1v) is 7.20. The first-order valence-electron chi connectivity index (χ1n) is 7.20. The van der Waals surface area contributed by atoms with Crippen LogP contribution < -0.4 is 5.32 Å². The average Bonchev–Trinajstić information content (AvgIpc) is 2.47. The van der Waals surface area contributed by atoms with Crippen LogP contribution in [0.4, 0.5) is 0 Å². The van der Waals surface area contributed by atoms with E-state index in [1.54, 1.807) is 0 Å². The molecule has 98 valence electrons. The molecular weight excluding hydrogens is 222 g/mol. The summed E-state index contributed by atoms with van der Waals surface area (Å²) in [5.74, 6) is 0. The molecule has 0 bridgehead atoms. The molecule has 1 N–H and O–H groups in total. The van der Waals surface area contributed by atoms with Gasteiger partial charge in [-0.3, -0.25) is 9.88 Å². The molecule has 1 aromatic rings. The Balaban J connectivity index is 1.68. The molecule has 1 fully saturated rings. The van der Waals surface area contributed by atoms with Crippen molar-refractivity contribution in [1.82, 2.24) is 15.2 Å². The van der Waals surface area contributed by atoms with Gasteiger partial charge >= 0.3 is 0 Å². The van der Waals surface area contributed by atoms with Crippen molar-refractivity contribution in [2.45, 2.75) is 50.7 Å². The van der Waals surface area contributed by atoms with E-state index in [0.29, 0.717) is 0 Å². The largest absolute Gasteiger partial charge is 0.317 e. The average molecular weight is 245 g/mol. The van der Waals surface area contributed by atoms with Crippen LogP contribution in [0, 0.1) is 0 Å². The van der Waals surface area contributed by atoms with Crippen molar-refractivity contribution in [1.29, 1.82) is 0 Å². The molecule has 0 aromatic carbocycles. The fourth-order valence-corrected chi connectivity index (χ4v) is 3.47. The van der Waals surface area contributed by atoms with E-state index in [9.17, 15) is 0 Å². The zero-order valence-corrected chi connectivity index (χ0v) is 11.2. The molecule has 3 rings (SSSR count). The summed E-state index contributed by atoms with van der Waals surface area (Å²) in [5.41, 5.74) is 2.94. The van der Waals surface area contributed by atoms with Crippen LogP contribution in [0.1, 0.15) is 36.8 Å². The first kappa shape index (κ1) is 12.1. The first-order chi connectivity index (χ1) is 8.86. The lowest BCUT2D eigenvalue weighted by molar-refractivity contribution is 0.127. The molecule has 1 saturated carbocycles. The van der Waals surface area contributed by atoms with Crippen LogP contribution in [0.5, 0.6) is 0 Å². The van der Waals surface area contributed by atoms with Gasteiger partial charge in [-0.15, -0.1) is 0 Å². The van der Waals surface area contributed by atoms with Crippen molar-refractivity contribution in [3.05, 3.63) is 29.6 Å². The zero-order chi connectivity index (χ0) is 12.4. The molecule has 3 heteroatoms. The Morgan fingerprint density at radius 2 is 2.28 bits per heavy atom. The number of fused-ring (bicyclic) bond motifs is 1. The molecular formula is C15H23N3. The van der Waals surface area contributed by atoms with Gasteiger partial charge in [-0.1, -0.05) is 6.42 Å². The predicted octanol–water partition coefficient (Wildman–Crippen LogP) is 1.97. The Kier molecular flexibility index (Phi) is 3.62. The molecule has 2 atom stereocenters. The number of aromatic nitrogens is 1. The number of hydrogen-bond donors (Lipinski definition) is 1. The van der Waals surface area contributed by atoms with Gasteiger partial charge in [0.2, 0.25) is 0 Å². The molecule has 1 aliphatic carbocycles. The lowest BCUT2D eigenvalue weighted by Crippen LogP contribution is -2.45. The van der Waals surface area contributed by atoms with Gasteiger partial charge in [0.1, 0.15) is 0 Å². The van der Waals surface area contributed by atoms with Gasteiger partial charge < -0.3 is 5.32 Å². The number of rotatable bonds is 2. The maximum atomic E-state index is 4.23. The highest BCUT2D eigenvalue weighted by Crippen LogP contribution is 2.27. The molecule has 0 saturated heterocycles. The summed E-state index contributed by atoms with van der Waals surface area (Å²) < 4.78 is 0. The summed E-state index contributed by atoms with van der Waals surface area (Å²) in [4.78, 5) is 6.92. The van der Waals surface area contributed by atoms with Crippen molar-refractivity contribution in [3.63, 3.8) is 0 Å². The molecule has 0 amide bonds. The van der Waals surface area contributed by atoms with E-state index in [1.807, 2.05) is 12.4 Å². The Bertz CT molecular complexity index is 404. The number of hydrogen-bond acceptors (Lipinski definition) is 3. The maximum absolute atomic E-state index is 4.23. The highest BCUT2D eigenvalue weighted by Gasteiger charge is 2.28. The minimum atomic E-state index is 0.725. The summed E-state index contributed by atoms with van der Waals surface area (Å²) in [5, 5.41) is 3.46. The van der Waals surface area contributed by atoms with E-state index in [2.05, 4.69) is 28.3 Å². The minimum Gasteiger partial charge on any atom is -0.317 e. The highest BCUT2D eigenvalue weighted by atomic mass is 15.2. The fraction of sp³-hybridized carbons (Fsp3) is 0.667. The molecule has 0 radical (unpaired) electrons. The third kappa shape index (κ3) is 2.43. The third-order valence-electron chi connectivity index (χ3n) is 4.62. The standard InChI is InChI=1S/C15H23N3/c1-16-14-3-2-4-15(9-14)18-8-6-12-10-17-7-5-13(12)11-18/h5,7,10,14-16H,2-4,6,8-9,11H2,1H3. The van der Waals surface area contributed by atoms with Crippen molar-refractivity contribution >= 4 is 0 Å². The van der Waals surface area contributed by atoms with Crippen molar-refractivity contribution < 1.29 is 0 Å². The van der Waals surface area contributed by atoms with Crippen molar-refractivity contribution in [2.24, 2.45) is 0 Å². The molecule has 0 spiro atoms. The van der Waals surface area contributed by atoms with Crippen molar-refractivity contribution in [3.8, 4) is 0 Å². The van der Waals surface area contributed by atoms with Crippen LogP contribution in [0.3, 0.4) is 0 Å². The highest BCUT2D eigenvalue weighted by molar-refractivity contribution is 5.25. The summed E-state index contributed by atoms with van der Waals surface area (Å²) in [6, 6.07) is 3.69. The van der Waals surface area contributed by atoms with E-state index in [4.69, 9.17) is 0 Å². The Hall–Kier alpha value is -0.930. The van der Waals surface area contributed by atoms with Crippen LogP contribution in [0.25, 0.3) is 0 Å². The monoisotopic (exact) mass is 245 g/mol. The zero-order valence-electron chi connectivity index (χ0n) is 11.2. The predicted molar refractivity (Wildman–Crippen MR) is 73.5 cm³/mol. The summed E-state index contributed by atoms with van der Waals surface area (Å²) in [6.45, 7) is 2.33. The quantitative estimate of drug-likeness (QED) is 0.863. The van der Waals surface area contributed by atoms with Gasteiger partial charge in [0.25, 0.3) is 0 Å². The molecule has 1 aliphatic heterocycles. The Morgan fingerprint density at radius 3 is 3.17 bits per heavy atom. The number of nitrogens with zero attached hydrogens (tertiary/aromatic N) is 2. The lowest BCUT2D eigenvalue weighted by atomic mass is 9.88. The van der Waals surface area contributed by atoms with Crippen LogP contribution in [-0.4, -0.2) is 35.6 Å². The second-order valence-corrected chi connectivity index (χ2v) is 5.67. The second-order valence-electron chi connectivity index (χ2n) is 5.67. The maximum Gasteiger partial charge on any atom is 0.0303 e. The van der Waals surface area contributed by atoms with Gasteiger partial charge in [0.05, 0.1) is 0 Å². The van der Waals surface area contributed by atoms with Crippen LogP contribution >= 0.6 is 0 Å². The van der Waals surface area contributed by atoms with Crippen LogP contribution in [0.2, 0.25) is 0 Å². The normalized spacial score (nSPS) is 28.9. The topological polar surface area (TPSA) is 28.2 Å². The molecule has 3 nitrogen and oxygen atoms in total. The third-order valence-corrected chi connectivity index (χ3v) is 4.62. The van der Waals surface area contributed by atoms with E-state index in [1.165, 1.54) is 49.8 Å². The van der Waals surface area contributed by atoms with Gasteiger partial charge in [0.15, 0.2) is 0 Å². The van der Waals surface area contributed by atoms with Gasteiger partial charge in [-0.25, -0.2) is 0 Å². The molecule has 2 aliphatic rings. The number of pyridine rings is 1. The van der Waals surface area contributed by atoms with Gasteiger partial charge in [-0.05, 0) is 49.9 Å². The van der Waals surface area contributed by atoms with E-state index < -0.39 is 0 Å². The molecule has 2 heterocycles.